The van der Waals surface area contributed by atoms with Crippen LogP contribution in [0.1, 0.15) is 6.92 Å². The van der Waals surface area contributed by atoms with E-state index in [-0.39, 0.29) is 12.4 Å². The van der Waals surface area contributed by atoms with Gasteiger partial charge in [-0.3, -0.25) is 15.0 Å². The molecular weight excluding hydrogens is 518 g/mol. The van der Waals surface area contributed by atoms with Crippen LogP contribution in [0.2, 0.25) is 0 Å². The van der Waals surface area contributed by atoms with Crippen LogP contribution < -0.4 is 10.2 Å². The molecule has 5 rings (SSSR count). The Bertz CT molecular complexity index is 1450. The molecule has 4 heterocycles. The zero-order valence-corrected chi connectivity index (χ0v) is 22.3. The van der Waals surface area contributed by atoms with E-state index in [1.807, 2.05) is 61.3 Å². The highest BCUT2D eigenvalue weighted by atomic mass is 35.5. The van der Waals surface area contributed by atoms with Gasteiger partial charge < -0.3 is 9.64 Å². The summed E-state index contributed by atoms with van der Waals surface area (Å²) in [5.41, 5.74) is 5.18. The fourth-order valence-electron chi connectivity index (χ4n) is 3.65. The van der Waals surface area contributed by atoms with Gasteiger partial charge in [0.05, 0.1) is 10.3 Å². The van der Waals surface area contributed by atoms with E-state index in [9.17, 15) is 9.59 Å². The van der Waals surface area contributed by atoms with Crippen molar-refractivity contribution in [1.29, 1.82) is 0 Å². The van der Waals surface area contributed by atoms with Gasteiger partial charge in [0.15, 0.2) is 11.6 Å². The van der Waals surface area contributed by atoms with Crippen LogP contribution in [0.4, 0.5) is 5.82 Å². The summed E-state index contributed by atoms with van der Waals surface area (Å²) in [6, 6.07) is 11.7. The van der Waals surface area contributed by atoms with Crippen LogP contribution in [0.3, 0.4) is 0 Å². The number of likely N-dealkylation sites (N-methyl/N-ethyl adjacent to an activating group) is 1. The molecule has 1 aromatic carbocycles. The molecule has 36 heavy (non-hydrogen) atoms. The number of thiophene rings is 2. The number of nitrogens with one attached hydrogen (secondary N) is 1. The molecule has 1 N–H and O–H groups in total. The van der Waals surface area contributed by atoms with Gasteiger partial charge in [0.25, 0.3) is 11.8 Å². The van der Waals surface area contributed by atoms with Crippen LogP contribution in [-0.2, 0) is 9.59 Å². The number of aromatic nitrogens is 2. The number of hydrogen-bond acceptors (Lipinski definition) is 9. The number of hydrogen-bond donors (Lipinski definition) is 1. The highest BCUT2D eigenvalue weighted by Crippen LogP contribution is 2.40. The van der Waals surface area contributed by atoms with Crippen molar-refractivity contribution in [2.24, 2.45) is 0 Å². The van der Waals surface area contributed by atoms with E-state index in [1.165, 1.54) is 28.7 Å². The van der Waals surface area contributed by atoms with Crippen molar-refractivity contribution in [2.45, 2.75) is 6.92 Å². The second-order valence-corrected chi connectivity index (χ2v) is 10.1. The molecule has 3 aromatic heterocycles. The van der Waals surface area contributed by atoms with Gasteiger partial charge in [-0.05, 0) is 50.2 Å². The van der Waals surface area contributed by atoms with Crippen molar-refractivity contribution < 1.29 is 14.3 Å². The van der Waals surface area contributed by atoms with Gasteiger partial charge >= 0.3 is 0 Å². The van der Waals surface area contributed by atoms with E-state index in [1.54, 1.807) is 6.92 Å². The zero-order valence-electron chi connectivity index (χ0n) is 19.8. The lowest BCUT2D eigenvalue weighted by atomic mass is 10.1. The molecule has 0 aliphatic carbocycles. The summed E-state index contributed by atoms with van der Waals surface area (Å²) >= 11 is 3.01. The van der Waals surface area contributed by atoms with Crippen molar-refractivity contribution >= 4 is 62.9 Å². The number of carbonyl (C=O) groups is 2. The molecule has 0 unspecified atom stereocenters. The lowest BCUT2D eigenvalue weighted by Crippen LogP contribution is -2.36. The average molecular weight is 542 g/mol. The van der Waals surface area contributed by atoms with E-state index in [4.69, 9.17) is 14.7 Å². The zero-order chi connectivity index (χ0) is 24.5. The number of fused-ring (bicyclic) bond motifs is 1. The predicted molar refractivity (Wildman–Crippen MR) is 147 cm³/mol. The molecule has 0 spiro atoms. The Balaban J connectivity index is 0.00000304. The Morgan fingerprint density at radius 3 is 2.64 bits per heavy atom. The lowest BCUT2D eigenvalue weighted by molar-refractivity contribution is -0.135. The molecule has 0 saturated heterocycles. The van der Waals surface area contributed by atoms with Crippen LogP contribution >= 0.6 is 35.1 Å². The SMILES string of the molecule is CC1=CC(=O)N(Nc2nc(-c3cccs3)nc3scc(-c4cccc(OCCN(C)C)c4)c23)C1=O.Cl. The van der Waals surface area contributed by atoms with Crippen molar-refractivity contribution in [1.82, 2.24) is 19.9 Å². The molecule has 11 heteroatoms. The minimum absolute atomic E-state index is 0. The normalized spacial score (nSPS) is 13.3. The summed E-state index contributed by atoms with van der Waals surface area (Å²) in [7, 11) is 4.01. The summed E-state index contributed by atoms with van der Waals surface area (Å²) in [6.45, 7) is 3.00. The molecular formula is C25H24ClN5O3S2. The minimum atomic E-state index is -0.426. The van der Waals surface area contributed by atoms with E-state index in [2.05, 4.69) is 10.3 Å². The first-order valence-electron chi connectivity index (χ1n) is 10.9. The monoisotopic (exact) mass is 541 g/mol. The number of anilines is 1. The molecule has 1 aliphatic heterocycles. The number of halogens is 1. The van der Waals surface area contributed by atoms with Gasteiger partial charge in [0.1, 0.15) is 17.2 Å². The number of nitrogens with zero attached hydrogens (tertiary/aromatic N) is 4. The van der Waals surface area contributed by atoms with Crippen molar-refractivity contribution in [2.75, 3.05) is 32.7 Å². The van der Waals surface area contributed by atoms with Crippen LogP contribution in [0, 0.1) is 0 Å². The maximum atomic E-state index is 12.6. The third kappa shape index (κ3) is 5.12. The number of hydrazine groups is 1. The summed E-state index contributed by atoms with van der Waals surface area (Å²) in [6.07, 6.45) is 1.32. The molecule has 2 amide bonds. The second kappa shape index (κ2) is 10.8. The first-order valence-corrected chi connectivity index (χ1v) is 12.7. The number of ether oxygens (including phenoxy) is 1. The number of carbonyl (C=O) groups excluding carboxylic acids is 2. The fraction of sp³-hybridized carbons (Fsp3) is 0.200. The average Bonchev–Trinajstić information content (AvgIpc) is 3.56. The summed E-state index contributed by atoms with van der Waals surface area (Å²) < 4.78 is 5.93. The van der Waals surface area contributed by atoms with E-state index >= 15 is 0 Å². The minimum Gasteiger partial charge on any atom is -0.492 e. The summed E-state index contributed by atoms with van der Waals surface area (Å²) in [4.78, 5) is 38.3. The van der Waals surface area contributed by atoms with Gasteiger partial charge in [-0.25, -0.2) is 9.97 Å². The summed E-state index contributed by atoms with van der Waals surface area (Å²) in [5, 5.41) is 5.71. The Morgan fingerprint density at radius 1 is 1.11 bits per heavy atom. The van der Waals surface area contributed by atoms with Gasteiger partial charge in [-0.1, -0.05) is 18.2 Å². The number of amides is 2. The molecule has 0 atom stereocenters. The van der Waals surface area contributed by atoms with Crippen molar-refractivity contribution in [3.8, 4) is 27.6 Å². The molecule has 0 saturated carbocycles. The lowest BCUT2D eigenvalue weighted by Gasteiger charge is -2.18. The second-order valence-electron chi connectivity index (χ2n) is 8.30. The van der Waals surface area contributed by atoms with Gasteiger partial charge in [-0.2, -0.15) is 5.01 Å². The summed E-state index contributed by atoms with van der Waals surface area (Å²) in [5.74, 6) is 0.878. The standard InChI is InChI=1S/C25H23N5O3S2.ClH/c1-15-12-20(31)30(25(15)32)28-23-21-18(16-6-4-7-17(13-16)33-10-9-29(2)3)14-35-24(21)27-22(26-23)19-8-5-11-34-19;/h4-8,11-14H,9-10H2,1-3H3,(H,26,27,28);1H. The highest BCUT2D eigenvalue weighted by Gasteiger charge is 2.30. The fourth-order valence-corrected chi connectivity index (χ4v) is 5.25. The molecule has 1 aliphatic rings. The van der Waals surface area contributed by atoms with Gasteiger partial charge in [0.2, 0.25) is 0 Å². The van der Waals surface area contributed by atoms with Crippen molar-refractivity contribution in [3.63, 3.8) is 0 Å². The van der Waals surface area contributed by atoms with E-state index < -0.39 is 11.8 Å². The third-order valence-corrected chi connectivity index (χ3v) is 7.18. The number of rotatable bonds is 8. The van der Waals surface area contributed by atoms with Crippen LogP contribution in [-0.4, -0.2) is 58.9 Å². The first kappa shape index (κ1) is 25.8. The predicted octanol–water partition coefficient (Wildman–Crippen LogP) is 5.09. The van der Waals surface area contributed by atoms with Crippen LogP contribution in [0.15, 0.2) is 58.8 Å². The number of benzene rings is 1. The molecule has 186 valence electrons. The quantitative estimate of drug-likeness (QED) is 0.311. The third-order valence-electron chi connectivity index (χ3n) is 5.45. The van der Waals surface area contributed by atoms with Gasteiger partial charge in [-0.15, -0.1) is 35.1 Å². The Kier molecular flexibility index (Phi) is 7.70. The number of imide groups is 1. The smallest absolute Gasteiger partial charge is 0.275 e. The van der Waals surface area contributed by atoms with Crippen LogP contribution in [0.25, 0.3) is 32.0 Å². The Labute approximate surface area is 222 Å². The van der Waals surface area contributed by atoms with Crippen LogP contribution in [0.5, 0.6) is 5.75 Å². The largest absolute Gasteiger partial charge is 0.492 e. The molecule has 0 bridgehead atoms. The maximum absolute atomic E-state index is 12.6. The first-order chi connectivity index (χ1) is 16.9. The molecule has 8 nitrogen and oxygen atoms in total. The Morgan fingerprint density at radius 2 is 1.94 bits per heavy atom. The molecule has 4 aromatic rings. The maximum Gasteiger partial charge on any atom is 0.275 e. The molecule has 0 fully saturated rings. The molecule has 0 radical (unpaired) electrons. The van der Waals surface area contributed by atoms with Crippen molar-refractivity contribution in [3.05, 3.63) is 58.8 Å². The topological polar surface area (TPSA) is 87.7 Å². The van der Waals surface area contributed by atoms with E-state index in [0.29, 0.717) is 23.8 Å². The highest BCUT2D eigenvalue weighted by molar-refractivity contribution is 7.17. The Hall–Kier alpha value is -3.31. The van der Waals surface area contributed by atoms with Gasteiger partial charge in [0, 0.05) is 29.1 Å². The van der Waals surface area contributed by atoms with E-state index in [0.717, 1.165) is 43.5 Å².